The first-order chi connectivity index (χ1) is 7.43. The summed E-state index contributed by atoms with van der Waals surface area (Å²) < 4.78 is 27.3. The van der Waals surface area contributed by atoms with Crippen molar-refractivity contribution in [3.05, 3.63) is 15.4 Å². The minimum atomic E-state index is -3.28. The molecule has 1 aromatic heterocycles. The number of hydrogen-bond acceptors (Lipinski definition) is 3. The third-order valence-electron chi connectivity index (χ3n) is 3.06. The summed E-state index contributed by atoms with van der Waals surface area (Å²) in [5.74, 6) is 0. The molecule has 0 N–H and O–H groups in total. The van der Waals surface area contributed by atoms with Crippen LogP contribution in [0.1, 0.15) is 24.8 Å². The van der Waals surface area contributed by atoms with Crippen molar-refractivity contribution < 1.29 is 8.42 Å². The number of sulfonamides is 1. The average Bonchev–Trinajstić information content (AvgIpc) is 2.44. The molecule has 1 heterocycles. The Bertz CT molecular complexity index is 471. The molecule has 0 aromatic carbocycles. The number of nitrogens with zero attached hydrogens (tertiary/aromatic N) is 1. The molecule has 1 fully saturated rings. The predicted molar refractivity (Wildman–Crippen MR) is 69.3 cm³/mol. The lowest BCUT2D eigenvalue weighted by Gasteiger charge is -2.33. The summed E-state index contributed by atoms with van der Waals surface area (Å²) in [6, 6.07) is 1.94. The summed E-state index contributed by atoms with van der Waals surface area (Å²) in [6.07, 6.45) is 3.11. The van der Waals surface area contributed by atoms with Crippen LogP contribution in [0.25, 0.3) is 0 Å². The van der Waals surface area contributed by atoms with E-state index in [1.54, 1.807) is 13.1 Å². The summed E-state index contributed by atoms with van der Waals surface area (Å²) in [5, 5.41) is 0. The van der Waals surface area contributed by atoms with Crippen LogP contribution in [0.4, 0.5) is 0 Å². The second-order valence-corrected chi connectivity index (χ2v) is 8.72. The van der Waals surface area contributed by atoms with Gasteiger partial charge in [0, 0.05) is 13.1 Å². The van der Waals surface area contributed by atoms with Gasteiger partial charge in [-0.05, 0) is 47.3 Å². The van der Waals surface area contributed by atoms with Gasteiger partial charge in [-0.25, -0.2) is 8.42 Å². The molecule has 0 amide bonds. The van der Waals surface area contributed by atoms with Gasteiger partial charge in [-0.3, -0.25) is 0 Å². The van der Waals surface area contributed by atoms with Crippen molar-refractivity contribution >= 4 is 37.3 Å². The Labute approximate surface area is 109 Å². The predicted octanol–water partition coefficient (Wildman–Crippen LogP) is 2.99. The summed E-state index contributed by atoms with van der Waals surface area (Å²) in [5.41, 5.74) is 0.977. The molecular formula is C10H14BrNO2S2. The maximum absolute atomic E-state index is 12.2. The van der Waals surface area contributed by atoms with E-state index in [0.717, 1.165) is 28.6 Å². The van der Waals surface area contributed by atoms with Crippen molar-refractivity contribution in [1.29, 1.82) is 0 Å². The maximum atomic E-state index is 12.2. The molecule has 16 heavy (non-hydrogen) atoms. The largest absolute Gasteiger partial charge is 0.252 e. The van der Waals surface area contributed by atoms with Crippen molar-refractivity contribution in [3.8, 4) is 0 Å². The fourth-order valence-electron chi connectivity index (χ4n) is 1.65. The second-order valence-electron chi connectivity index (χ2n) is 4.13. The van der Waals surface area contributed by atoms with E-state index >= 15 is 0 Å². The van der Waals surface area contributed by atoms with Gasteiger partial charge in [0.15, 0.2) is 0 Å². The summed E-state index contributed by atoms with van der Waals surface area (Å²) in [7, 11) is -1.60. The molecule has 2 rings (SSSR count). The zero-order valence-corrected chi connectivity index (χ0v) is 12.5. The van der Waals surface area contributed by atoms with Gasteiger partial charge in [0.05, 0.1) is 3.79 Å². The zero-order chi connectivity index (χ0) is 11.9. The van der Waals surface area contributed by atoms with Crippen molar-refractivity contribution in [2.75, 3.05) is 7.05 Å². The van der Waals surface area contributed by atoms with Crippen LogP contribution in [-0.4, -0.2) is 25.8 Å². The van der Waals surface area contributed by atoms with Crippen LogP contribution in [0.15, 0.2) is 14.1 Å². The lowest BCUT2D eigenvalue weighted by Crippen LogP contribution is -2.40. The number of thiophene rings is 1. The van der Waals surface area contributed by atoms with Crippen LogP contribution in [0.5, 0.6) is 0 Å². The van der Waals surface area contributed by atoms with Gasteiger partial charge in [0.2, 0.25) is 0 Å². The molecule has 0 unspecified atom stereocenters. The standard InChI is InChI=1S/C10H14BrNO2S2/c1-7-6-9(15-10(7)11)16(13,14)12(2)8-4-3-5-8/h6,8H,3-5H2,1-2H3. The van der Waals surface area contributed by atoms with E-state index in [4.69, 9.17) is 0 Å². The molecule has 1 aliphatic rings. The molecular weight excluding hydrogens is 310 g/mol. The zero-order valence-electron chi connectivity index (χ0n) is 9.23. The van der Waals surface area contributed by atoms with Crippen LogP contribution >= 0.6 is 27.3 Å². The van der Waals surface area contributed by atoms with E-state index in [-0.39, 0.29) is 6.04 Å². The Morgan fingerprint density at radius 3 is 2.50 bits per heavy atom. The first-order valence-electron chi connectivity index (χ1n) is 5.17. The number of halogens is 1. The summed E-state index contributed by atoms with van der Waals surface area (Å²) >= 11 is 4.65. The molecule has 1 aliphatic carbocycles. The third-order valence-corrected chi connectivity index (χ3v) is 7.55. The van der Waals surface area contributed by atoms with Crippen molar-refractivity contribution in [2.24, 2.45) is 0 Å². The molecule has 3 nitrogen and oxygen atoms in total. The summed E-state index contributed by atoms with van der Waals surface area (Å²) in [4.78, 5) is 0. The average molecular weight is 324 g/mol. The highest BCUT2D eigenvalue weighted by Gasteiger charge is 2.32. The monoisotopic (exact) mass is 323 g/mol. The fourth-order valence-corrected chi connectivity index (χ4v) is 5.48. The molecule has 0 spiro atoms. The Morgan fingerprint density at radius 2 is 2.12 bits per heavy atom. The van der Waals surface area contributed by atoms with Gasteiger partial charge in [0.1, 0.15) is 4.21 Å². The quantitative estimate of drug-likeness (QED) is 0.857. The van der Waals surface area contributed by atoms with E-state index in [1.165, 1.54) is 15.6 Å². The lowest BCUT2D eigenvalue weighted by atomic mass is 9.94. The first kappa shape index (κ1) is 12.5. The van der Waals surface area contributed by atoms with E-state index in [1.807, 2.05) is 6.92 Å². The van der Waals surface area contributed by atoms with Gasteiger partial charge in [0.25, 0.3) is 10.0 Å². The van der Waals surface area contributed by atoms with Crippen molar-refractivity contribution in [2.45, 2.75) is 36.4 Å². The van der Waals surface area contributed by atoms with Crippen molar-refractivity contribution in [3.63, 3.8) is 0 Å². The Kier molecular flexibility index (Phi) is 3.45. The minimum absolute atomic E-state index is 0.200. The molecule has 0 saturated heterocycles. The summed E-state index contributed by atoms with van der Waals surface area (Å²) in [6.45, 7) is 1.91. The molecule has 90 valence electrons. The van der Waals surface area contributed by atoms with Crippen LogP contribution in [0.2, 0.25) is 0 Å². The van der Waals surface area contributed by atoms with Gasteiger partial charge in [-0.2, -0.15) is 4.31 Å². The Balaban J connectivity index is 2.30. The molecule has 0 radical (unpaired) electrons. The maximum Gasteiger partial charge on any atom is 0.252 e. The SMILES string of the molecule is Cc1cc(S(=O)(=O)N(C)C2CCC2)sc1Br. The highest BCUT2D eigenvalue weighted by Crippen LogP contribution is 2.34. The van der Waals surface area contributed by atoms with Gasteiger partial charge in [-0.1, -0.05) is 6.42 Å². The second kappa shape index (κ2) is 4.40. The van der Waals surface area contributed by atoms with E-state index < -0.39 is 10.0 Å². The normalized spacial score (nSPS) is 17.8. The smallest absolute Gasteiger partial charge is 0.206 e. The Morgan fingerprint density at radius 1 is 1.50 bits per heavy atom. The minimum Gasteiger partial charge on any atom is -0.206 e. The molecule has 0 atom stereocenters. The number of aryl methyl sites for hydroxylation is 1. The van der Waals surface area contributed by atoms with Crippen LogP contribution < -0.4 is 0 Å². The van der Waals surface area contributed by atoms with E-state index in [0.29, 0.717) is 4.21 Å². The van der Waals surface area contributed by atoms with Crippen LogP contribution in [0, 0.1) is 6.92 Å². The molecule has 0 bridgehead atoms. The van der Waals surface area contributed by atoms with Crippen molar-refractivity contribution in [1.82, 2.24) is 4.31 Å². The highest BCUT2D eigenvalue weighted by atomic mass is 79.9. The Hall–Kier alpha value is 0.0900. The van der Waals surface area contributed by atoms with Gasteiger partial charge in [-0.15, -0.1) is 11.3 Å². The first-order valence-corrected chi connectivity index (χ1v) is 8.22. The van der Waals surface area contributed by atoms with Crippen LogP contribution in [-0.2, 0) is 10.0 Å². The topological polar surface area (TPSA) is 37.4 Å². The number of hydrogen-bond donors (Lipinski definition) is 0. The van der Waals surface area contributed by atoms with Gasteiger partial charge < -0.3 is 0 Å². The third kappa shape index (κ3) is 2.08. The highest BCUT2D eigenvalue weighted by molar-refractivity contribution is 9.11. The lowest BCUT2D eigenvalue weighted by molar-refractivity contribution is 0.250. The fraction of sp³-hybridized carbons (Fsp3) is 0.600. The molecule has 0 aliphatic heterocycles. The van der Waals surface area contributed by atoms with Gasteiger partial charge >= 0.3 is 0 Å². The van der Waals surface area contributed by atoms with E-state index in [2.05, 4.69) is 15.9 Å². The van der Waals surface area contributed by atoms with Crippen LogP contribution in [0.3, 0.4) is 0 Å². The molecule has 1 saturated carbocycles. The number of rotatable bonds is 3. The molecule has 1 aromatic rings. The molecule has 6 heteroatoms. The van der Waals surface area contributed by atoms with E-state index in [9.17, 15) is 8.42 Å².